The maximum Gasteiger partial charge on any atom is 0.226 e. The van der Waals surface area contributed by atoms with Crippen LogP contribution in [0.3, 0.4) is 0 Å². The quantitative estimate of drug-likeness (QED) is 0.317. The highest BCUT2D eigenvalue weighted by molar-refractivity contribution is 7.15. The fraction of sp³-hybridized carbons (Fsp3) is 0.208. The number of hydrogen-bond donors (Lipinski definition) is 2. The zero-order valence-electron chi connectivity index (χ0n) is 17.6. The number of guanidine groups is 1. The van der Waals surface area contributed by atoms with E-state index < -0.39 is 0 Å². The van der Waals surface area contributed by atoms with Crippen LogP contribution in [-0.2, 0) is 13.1 Å². The lowest BCUT2D eigenvalue weighted by Gasteiger charge is -2.10. The molecule has 31 heavy (non-hydrogen) atoms. The number of aromatic nitrogens is 2. The van der Waals surface area contributed by atoms with Gasteiger partial charge in [-0.15, -0.1) is 11.3 Å². The molecule has 0 saturated heterocycles. The average molecular weight is 432 g/mol. The predicted molar refractivity (Wildman–Crippen MR) is 126 cm³/mol. The lowest BCUT2D eigenvalue weighted by atomic mass is 10.2. The van der Waals surface area contributed by atoms with Gasteiger partial charge in [-0.2, -0.15) is 0 Å². The molecule has 0 aliphatic carbocycles. The second-order valence-electron chi connectivity index (χ2n) is 6.95. The van der Waals surface area contributed by atoms with E-state index in [1.807, 2.05) is 62.4 Å². The molecule has 0 aliphatic rings. The largest absolute Gasteiger partial charge is 0.444 e. The van der Waals surface area contributed by atoms with Gasteiger partial charge in [0.2, 0.25) is 5.89 Å². The average Bonchev–Trinajstić information content (AvgIpc) is 3.44. The molecule has 7 heteroatoms. The molecule has 0 fully saturated rings. The highest BCUT2D eigenvalue weighted by atomic mass is 32.1. The fourth-order valence-corrected chi connectivity index (χ4v) is 4.06. The third kappa shape index (κ3) is 5.38. The molecule has 2 aromatic heterocycles. The van der Waals surface area contributed by atoms with Gasteiger partial charge in [0, 0.05) is 22.5 Å². The minimum absolute atomic E-state index is 0.433. The van der Waals surface area contributed by atoms with Gasteiger partial charge in [0.1, 0.15) is 17.0 Å². The summed E-state index contributed by atoms with van der Waals surface area (Å²) in [6.07, 6.45) is 1.66. The standard InChI is InChI=1S/C24H25N5OS/c1-3-25-24(26-14-20-16-30-22(29-20)18-10-6-4-7-11-18)27-15-21-17(2)28-23(31-21)19-12-8-5-9-13-19/h4-13,16H,3,14-15H2,1-2H3,(H2,25,26,27). The van der Waals surface area contributed by atoms with Crippen LogP contribution in [0.2, 0.25) is 0 Å². The molecule has 0 amide bonds. The highest BCUT2D eigenvalue weighted by Gasteiger charge is 2.10. The molecule has 0 radical (unpaired) electrons. The summed E-state index contributed by atoms with van der Waals surface area (Å²) in [6, 6.07) is 20.1. The number of nitrogens with zero attached hydrogens (tertiary/aromatic N) is 3. The Morgan fingerprint density at radius 1 is 0.968 bits per heavy atom. The van der Waals surface area contributed by atoms with E-state index >= 15 is 0 Å². The molecule has 0 saturated carbocycles. The van der Waals surface area contributed by atoms with Gasteiger partial charge in [0.05, 0.1) is 18.8 Å². The van der Waals surface area contributed by atoms with E-state index in [4.69, 9.17) is 9.40 Å². The van der Waals surface area contributed by atoms with Crippen LogP contribution in [0.4, 0.5) is 0 Å². The van der Waals surface area contributed by atoms with E-state index in [1.54, 1.807) is 17.6 Å². The maximum atomic E-state index is 5.60. The topological polar surface area (TPSA) is 75.3 Å². The monoisotopic (exact) mass is 431 g/mol. The Kier molecular flexibility index (Phi) is 6.74. The van der Waals surface area contributed by atoms with Crippen LogP contribution in [0.25, 0.3) is 22.0 Å². The number of aliphatic imine (C=N–C) groups is 1. The van der Waals surface area contributed by atoms with Gasteiger partial charge >= 0.3 is 0 Å². The van der Waals surface area contributed by atoms with Crippen LogP contribution in [0.1, 0.15) is 23.2 Å². The van der Waals surface area contributed by atoms with Crippen molar-refractivity contribution >= 4 is 17.3 Å². The van der Waals surface area contributed by atoms with E-state index in [9.17, 15) is 0 Å². The van der Waals surface area contributed by atoms with Crippen LogP contribution in [0, 0.1) is 6.92 Å². The molecule has 6 nitrogen and oxygen atoms in total. The minimum atomic E-state index is 0.433. The summed E-state index contributed by atoms with van der Waals surface area (Å²) in [5.41, 5.74) is 3.92. The molecule has 4 aromatic rings. The summed E-state index contributed by atoms with van der Waals surface area (Å²) in [5.74, 6) is 1.35. The maximum absolute atomic E-state index is 5.60. The minimum Gasteiger partial charge on any atom is -0.444 e. The zero-order chi connectivity index (χ0) is 21.5. The molecule has 0 bridgehead atoms. The van der Waals surface area contributed by atoms with E-state index in [2.05, 4.69) is 32.7 Å². The van der Waals surface area contributed by atoms with Gasteiger partial charge in [-0.3, -0.25) is 0 Å². The summed E-state index contributed by atoms with van der Waals surface area (Å²) < 4.78 is 5.60. The second kappa shape index (κ2) is 10.0. The Bertz CT molecular complexity index is 1140. The summed E-state index contributed by atoms with van der Waals surface area (Å²) in [5, 5.41) is 7.72. The number of nitrogens with one attached hydrogen (secondary N) is 2. The fourth-order valence-electron chi connectivity index (χ4n) is 3.05. The van der Waals surface area contributed by atoms with Crippen molar-refractivity contribution in [3.05, 3.63) is 83.2 Å². The Hall–Kier alpha value is -3.45. The van der Waals surface area contributed by atoms with Crippen molar-refractivity contribution in [3.63, 3.8) is 0 Å². The van der Waals surface area contributed by atoms with Gasteiger partial charge in [-0.1, -0.05) is 48.5 Å². The van der Waals surface area contributed by atoms with E-state index in [-0.39, 0.29) is 0 Å². The van der Waals surface area contributed by atoms with Gasteiger partial charge < -0.3 is 15.1 Å². The number of benzene rings is 2. The Morgan fingerprint density at radius 3 is 2.39 bits per heavy atom. The molecule has 0 atom stereocenters. The van der Waals surface area contributed by atoms with Gasteiger partial charge in [0.25, 0.3) is 0 Å². The van der Waals surface area contributed by atoms with E-state index in [0.717, 1.165) is 40.0 Å². The lowest BCUT2D eigenvalue weighted by Crippen LogP contribution is -2.36. The molecular formula is C24H25N5OS. The number of aryl methyl sites for hydroxylation is 1. The summed E-state index contributed by atoms with van der Waals surface area (Å²) in [7, 11) is 0. The number of rotatable bonds is 7. The van der Waals surface area contributed by atoms with Gasteiger partial charge in [-0.25, -0.2) is 15.0 Å². The van der Waals surface area contributed by atoms with E-state index in [1.165, 1.54) is 4.88 Å². The molecule has 0 spiro atoms. The first kappa shape index (κ1) is 20.8. The molecule has 4 rings (SSSR count). The molecule has 2 N–H and O–H groups in total. The summed E-state index contributed by atoms with van der Waals surface area (Å²) >= 11 is 1.70. The first-order valence-electron chi connectivity index (χ1n) is 10.3. The van der Waals surface area contributed by atoms with Crippen molar-refractivity contribution in [3.8, 4) is 22.0 Å². The number of hydrogen-bond acceptors (Lipinski definition) is 5. The van der Waals surface area contributed by atoms with Crippen molar-refractivity contribution in [1.82, 2.24) is 20.6 Å². The Labute approximate surface area is 186 Å². The first-order valence-corrected chi connectivity index (χ1v) is 11.1. The van der Waals surface area contributed by atoms with Crippen molar-refractivity contribution in [1.29, 1.82) is 0 Å². The van der Waals surface area contributed by atoms with Crippen molar-refractivity contribution in [2.45, 2.75) is 26.9 Å². The SMILES string of the molecule is CCNC(=NCc1coc(-c2ccccc2)n1)NCc1sc(-c2ccccc2)nc1C. The molecule has 2 aromatic carbocycles. The molecule has 158 valence electrons. The van der Waals surface area contributed by atoms with Crippen LogP contribution in [-0.4, -0.2) is 22.5 Å². The number of thiazole rings is 1. The van der Waals surface area contributed by atoms with Crippen LogP contribution in [0.5, 0.6) is 0 Å². The zero-order valence-corrected chi connectivity index (χ0v) is 18.4. The number of oxazole rings is 1. The van der Waals surface area contributed by atoms with Crippen molar-refractivity contribution in [2.75, 3.05) is 6.54 Å². The Morgan fingerprint density at radius 2 is 1.68 bits per heavy atom. The third-order valence-electron chi connectivity index (χ3n) is 4.65. The summed E-state index contributed by atoms with van der Waals surface area (Å²) in [4.78, 5) is 15.1. The summed E-state index contributed by atoms with van der Waals surface area (Å²) in [6.45, 7) is 5.96. The Balaban J connectivity index is 1.41. The third-order valence-corrected chi connectivity index (χ3v) is 5.85. The molecule has 0 aliphatic heterocycles. The van der Waals surface area contributed by atoms with Crippen LogP contribution >= 0.6 is 11.3 Å². The van der Waals surface area contributed by atoms with Crippen molar-refractivity contribution in [2.24, 2.45) is 4.99 Å². The van der Waals surface area contributed by atoms with Crippen molar-refractivity contribution < 1.29 is 4.42 Å². The van der Waals surface area contributed by atoms with Crippen LogP contribution in [0.15, 0.2) is 76.3 Å². The molecule has 2 heterocycles. The molecular weight excluding hydrogens is 406 g/mol. The second-order valence-corrected chi connectivity index (χ2v) is 8.04. The van der Waals surface area contributed by atoms with Gasteiger partial charge in [-0.05, 0) is 26.0 Å². The molecule has 0 unspecified atom stereocenters. The lowest BCUT2D eigenvalue weighted by molar-refractivity contribution is 0.572. The van der Waals surface area contributed by atoms with Crippen LogP contribution < -0.4 is 10.6 Å². The highest BCUT2D eigenvalue weighted by Crippen LogP contribution is 2.27. The first-order chi connectivity index (χ1) is 15.2. The smallest absolute Gasteiger partial charge is 0.226 e. The van der Waals surface area contributed by atoms with Gasteiger partial charge in [0.15, 0.2) is 5.96 Å². The normalized spacial score (nSPS) is 11.5. The van der Waals surface area contributed by atoms with E-state index in [0.29, 0.717) is 19.0 Å². The predicted octanol–water partition coefficient (Wildman–Crippen LogP) is 5.03.